The minimum atomic E-state index is -0.615. The van der Waals surface area contributed by atoms with Crippen molar-refractivity contribution in [3.8, 4) is 23.0 Å². The average molecular weight is 831 g/mol. The molecule has 0 fully saturated rings. The van der Waals surface area contributed by atoms with Gasteiger partial charge in [0.2, 0.25) is 0 Å². The van der Waals surface area contributed by atoms with Crippen LogP contribution in [0.3, 0.4) is 0 Å². The van der Waals surface area contributed by atoms with Crippen molar-refractivity contribution in [3.63, 3.8) is 0 Å². The van der Waals surface area contributed by atoms with Gasteiger partial charge < -0.3 is 9.47 Å². The number of carbonyl (C=O) groups is 7. The van der Waals surface area contributed by atoms with Crippen molar-refractivity contribution in [2.75, 3.05) is 4.90 Å². The van der Waals surface area contributed by atoms with E-state index in [1.165, 1.54) is 42.0 Å². The molecule has 4 amide bonds. The fourth-order valence-corrected chi connectivity index (χ4v) is 7.43. The van der Waals surface area contributed by atoms with Gasteiger partial charge >= 0.3 is 0 Å². The van der Waals surface area contributed by atoms with Crippen LogP contribution in [0.1, 0.15) is 115 Å². The Balaban J connectivity index is 0.824. The molecule has 11 nitrogen and oxygen atoms in total. The third kappa shape index (κ3) is 7.71. The molecule has 0 aliphatic carbocycles. The zero-order valence-corrected chi connectivity index (χ0v) is 33.7. The Morgan fingerprint density at radius 2 is 0.825 bits per heavy atom. The number of benzene rings is 7. The molecular formula is C52H34N2O9. The van der Waals surface area contributed by atoms with E-state index in [2.05, 4.69) is 19.2 Å². The highest BCUT2D eigenvalue weighted by Crippen LogP contribution is 2.33. The molecule has 2 aliphatic heterocycles. The van der Waals surface area contributed by atoms with Gasteiger partial charge in [-0.15, -0.1) is 0 Å². The molecule has 1 N–H and O–H groups in total. The Morgan fingerprint density at radius 3 is 1.35 bits per heavy atom. The molecule has 0 radical (unpaired) electrons. The number of ether oxygens (including phenoxy) is 2. The number of anilines is 1. The monoisotopic (exact) mass is 830 g/mol. The molecule has 7 aromatic rings. The maximum Gasteiger partial charge on any atom is 0.266 e. The van der Waals surface area contributed by atoms with E-state index in [9.17, 15) is 33.6 Å². The van der Waals surface area contributed by atoms with Crippen LogP contribution in [0.5, 0.6) is 23.0 Å². The predicted molar refractivity (Wildman–Crippen MR) is 233 cm³/mol. The normalized spacial score (nSPS) is 12.8. The number of nitrogens with zero attached hydrogens (tertiary/aromatic N) is 1. The van der Waals surface area contributed by atoms with E-state index < -0.39 is 29.4 Å². The lowest BCUT2D eigenvalue weighted by molar-refractivity contribution is 0.0873. The first kappa shape index (κ1) is 39.9. The summed E-state index contributed by atoms with van der Waals surface area (Å²) in [5.41, 5.74) is 3.78. The molecule has 2 heterocycles. The Hall–Kier alpha value is -8.57. The lowest BCUT2D eigenvalue weighted by atomic mass is 9.96. The molecule has 0 bridgehead atoms. The smallest absolute Gasteiger partial charge is 0.266 e. The van der Waals surface area contributed by atoms with Crippen LogP contribution in [0, 0.1) is 0 Å². The summed E-state index contributed by atoms with van der Waals surface area (Å²) in [6.07, 6.45) is 0. The van der Waals surface area contributed by atoms with Crippen molar-refractivity contribution in [1.29, 1.82) is 0 Å². The van der Waals surface area contributed by atoms with Crippen LogP contribution in [0.2, 0.25) is 0 Å². The van der Waals surface area contributed by atoms with Crippen molar-refractivity contribution in [2.24, 2.45) is 0 Å². The fourth-order valence-electron chi connectivity index (χ4n) is 7.43. The van der Waals surface area contributed by atoms with Crippen molar-refractivity contribution < 1.29 is 43.0 Å². The van der Waals surface area contributed by atoms with Gasteiger partial charge in [0.15, 0.2) is 17.3 Å². The van der Waals surface area contributed by atoms with E-state index in [4.69, 9.17) is 9.47 Å². The lowest BCUT2D eigenvalue weighted by Gasteiger charge is -2.14. The van der Waals surface area contributed by atoms with Gasteiger partial charge in [-0.1, -0.05) is 56.3 Å². The number of rotatable bonds is 12. The van der Waals surface area contributed by atoms with Crippen molar-refractivity contribution >= 4 is 46.7 Å². The maximum absolute atomic E-state index is 13.5. The van der Waals surface area contributed by atoms with Gasteiger partial charge in [-0.2, -0.15) is 0 Å². The lowest BCUT2D eigenvalue weighted by Crippen LogP contribution is -2.29. The molecule has 11 heteroatoms. The van der Waals surface area contributed by atoms with E-state index in [-0.39, 0.29) is 50.6 Å². The molecule has 0 unspecified atom stereocenters. The number of hydrogen-bond donors (Lipinski definition) is 1. The fraction of sp³-hybridized carbons (Fsp3) is 0.0577. The van der Waals surface area contributed by atoms with Crippen LogP contribution in [0.4, 0.5) is 5.69 Å². The number of imide groups is 2. The zero-order chi connectivity index (χ0) is 43.9. The number of hydrogen-bond acceptors (Lipinski definition) is 9. The highest BCUT2D eigenvalue weighted by molar-refractivity contribution is 6.35. The number of ketones is 3. The number of nitrogens with one attached hydrogen (secondary N) is 1. The first-order valence-corrected chi connectivity index (χ1v) is 19.9. The van der Waals surface area contributed by atoms with Crippen LogP contribution in [0.25, 0.3) is 0 Å². The van der Waals surface area contributed by atoms with Crippen molar-refractivity contribution in [3.05, 3.63) is 219 Å². The van der Waals surface area contributed by atoms with Gasteiger partial charge in [0, 0.05) is 33.4 Å². The predicted octanol–water partition coefficient (Wildman–Crippen LogP) is 9.77. The number of amides is 4. The molecule has 0 saturated heterocycles. The Labute approximate surface area is 360 Å². The quantitative estimate of drug-likeness (QED) is 0.0937. The highest BCUT2D eigenvalue weighted by Gasteiger charge is 2.37. The summed E-state index contributed by atoms with van der Waals surface area (Å²) in [4.78, 5) is 92.3. The van der Waals surface area contributed by atoms with E-state index in [1.54, 1.807) is 97.1 Å². The second-order valence-electron chi connectivity index (χ2n) is 15.3. The second-order valence-corrected chi connectivity index (χ2v) is 15.3. The van der Waals surface area contributed by atoms with Gasteiger partial charge in [-0.3, -0.25) is 38.9 Å². The van der Waals surface area contributed by atoms with E-state index in [0.29, 0.717) is 51.2 Å². The Kier molecular flexibility index (Phi) is 10.2. The molecule has 7 aromatic carbocycles. The van der Waals surface area contributed by atoms with E-state index in [0.717, 1.165) is 4.90 Å². The molecule has 9 rings (SSSR count). The minimum Gasteiger partial charge on any atom is -0.457 e. The largest absolute Gasteiger partial charge is 0.457 e. The summed E-state index contributed by atoms with van der Waals surface area (Å²) in [5.74, 6) is -0.771. The Morgan fingerprint density at radius 1 is 0.429 bits per heavy atom. The summed E-state index contributed by atoms with van der Waals surface area (Å²) < 4.78 is 12.0. The first-order chi connectivity index (χ1) is 30.4. The number of carbonyl (C=O) groups excluding carboxylic acids is 7. The third-order valence-corrected chi connectivity index (χ3v) is 10.9. The van der Waals surface area contributed by atoms with Crippen LogP contribution >= 0.6 is 0 Å². The third-order valence-electron chi connectivity index (χ3n) is 10.9. The van der Waals surface area contributed by atoms with Crippen LogP contribution in [0.15, 0.2) is 158 Å². The van der Waals surface area contributed by atoms with E-state index >= 15 is 0 Å². The minimum absolute atomic E-state index is 0.0494. The molecule has 306 valence electrons. The first-order valence-electron chi connectivity index (χ1n) is 19.9. The summed E-state index contributed by atoms with van der Waals surface area (Å²) in [6.45, 7) is 4.26. The van der Waals surface area contributed by atoms with Gasteiger partial charge in [-0.25, -0.2) is 4.90 Å². The van der Waals surface area contributed by atoms with E-state index in [1.807, 2.05) is 24.3 Å². The molecule has 63 heavy (non-hydrogen) atoms. The summed E-state index contributed by atoms with van der Waals surface area (Å²) in [7, 11) is 0. The zero-order valence-electron chi connectivity index (χ0n) is 33.7. The molecule has 0 spiro atoms. The molecular weight excluding hydrogens is 797 g/mol. The standard InChI is InChI=1S/C52H34N2O9/c1-29(2)30-6-16-38(17-7-30)62-39-18-8-31(9-19-39)46(55)33-4-3-5-34(26-33)47(56)32-10-20-40(21-11-32)63-41-22-14-37(15-23-41)54-51(60)43-25-13-36(28-45(43)52(54)61)48(57)35-12-24-42-44(27-35)50(59)53-49(42)58/h3-29H,1-2H3,(H,53,58,59). The highest BCUT2D eigenvalue weighted by atomic mass is 16.5. The molecule has 2 aliphatic rings. The summed E-state index contributed by atoms with van der Waals surface area (Å²) in [5, 5.41) is 2.19. The average Bonchev–Trinajstić information content (AvgIpc) is 3.74. The SMILES string of the molecule is CC(C)c1ccc(Oc2ccc(C(=O)c3cccc(C(=O)c4ccc(Oc5ccc(N6C(=O)c7ccc(C(=O)c8ccc9c(c8)C(=O)NC9=O)cc7C6=O)cc5)cc4)c3)cc2)cc1. The number of fused-ring (bicyclic) bond motifs is 2. The van der Waals surface area contributed by atoms with Crippen LogP contribution in [-0.2, 0) is 0 Å². The van der Waals surface area contributed by atoms with Gasteiger partial charge in [0.25, 0.3) is 23.6 Å². The van der Waals surface area contributed by atoms with Crippen LogP contribution in [-0.4, -0.2) is 41.0 Å². The summed E-state index contributed by atoms with van der Waals surface area (Å²) in [6, 6.07) is 42.5. The Bertz CT molecular complexity index is 3060. The maximum atomic E-state index is 13.5. The van der Waals surface area contributed by atoms with Gasteiger partial charge in [-0.05, 0) is 127 Å². The van der Waals surface area contributed by atoms with Crippen LogP contribution < -0.4 is 19.7 Å². The van der Waals surface area contributed by atoms with Gasteiger partial charge in [0.1, 0.15) is 23.0 Å². The van der Waals surface area contributed by atoms with Crippen molar-refractivity contribution in [2.45, 2.75) is 19.8 Å². The topological polar surface area (TPSA) is 153 Å². The van der Waals surface area contributed by atoms with Gasteiger partial charge in [0.05, 0.1) is 27.9 Å². The second kappa shape index (κ2) is 16.1. The molecule has 0 atom stereocenters. The molecule has 0 aromatic heterocycles. The van der Waals surface area contributed by atoms with Crippen molar-refractivity contribution in [1.82, 2.24) is 5.32 Å². The molecule has 0 saturated carbocycles. The summed E-state index contributed by atoms with van der Waals surface area (Å²) >= 11 is 0.